The predicted octanol–water partition coefficient (Wildman–Crippen LogP) is 2.03. The minimum Gasteiger partial charge on any atom is -0.307 e. The summed E-state index contributed by atoms with van der Waals surface area (Å²) >= 11 is 0. The molecule has 0 spiro atoms. The van der Waals surface area contributed by atoms with Gasteiger partial charge >= 0.3 is 6.55 Å². The number of hydrogen-bond donors (Lipinski definition) is 1. The largest absolute Gasteiger partial charge is 0.333 e. The molecule has 0 aliphatic carbocycles. The summed E-state index contributed by atoms with van der Waals surface area (Å²) in [5.41, 5.74) is 2.77. The molecule has 0 radical (unpaired) electrons. The summed E-state index contributed by atoms with van der Waals surface area (Å²) in [7, 11) is 1.88. The van der Waals surface area contributed by atoms with Crippen LogP contribution in [0.2, 0.25) is 0 Å². The number of aromatic nitrogens is 4. The van der Waals surface area contributed by atoms with E-state index in [1.165, 1.54) is 6.20 Å². The molecule has 0 atom stereocenters. The van der Waals surface area contributed by atoms with Crippen molar-refractivity contribution >= 4 is 12.4 Å². The summed E-state index contributed by atoms with van der Waals surface area (Å²) in [5.74, 6) is 0. The van der Waals surface area contributed by atoms with Crippen LogP contribution in [0.3, 0.4) is 0 Å². The van der Waals surface area contributed by atoms with Gasteiger partial charge in [-0.05, 0) is 13.0 Å². The Morgan fingerprint density at radius 3 is 2.63 bits per heavy atom. The number of rotatable bonds is 5. The Balaban J connectivity index is 0.00000180. The molecule has 0 saturated heterocycles. The van der Waals surface area contributed by atoms with Gasteiger partial charge in [-0.25, -0.2) is 4.68 Å². The molecule has 1 N–H and O–H groups in total. The van der Waals surface area contributed by atoms with Crippen LogP contribution in [0.5, 0.6) is 0 Å². The van der Waals surface area contributed by atoms with Crippen LogP contribution in [0.4, 0.5) is 8.78 Å². The number of aryl methyl sites for hydroxylation is 1. The summed E-state index contributed by atoms with van der Waals surface area (Å²) in [6.07, 6.45) is 3.07. The van der Waals surface area contributed by atoms with Crippen LogP contribution >= 0.6 is 12.4 Å². The van der Waals surface area contributed by atoms with Crippen molar-refractivity contribution in [3.05, 3.63) is 35.4 Å². The Kier molecular flexibility index (Phi) is 5.44. The molecule has 0 aliphatic heterocycles. The van der Waals surface area contributed by atoms with Crippen molar-refractivity contribution in [2.75, 3.05) is 0 Å². The topological polar surface area (TPSA) is 47.7 Å². The van der Waals surface area contributed by atoms with E-state index in [0.717, 1.165) is 11.3 Å². The second-order valence-corrected chi connectivity index (χ2v) is 4.05. The van der Waals surface area contributed by atoms with E-state index in [9.17, 15) is 8.78 Å². The molecule has 19 heavy (non-hydrogen) atoms. The first-order chi connectivity index (χ1) is 8.58. The maximum absolute atomic E-state index is 12.3. The van der Waals surface area contributed by atoms with Gasteiger partial charge in [-0.15, -0.1) is 12.4 Å². The van der Waals surface area contributed by atoms with E-state index in [-0.39, 0.29) is 12.4 Å². The van der Waals surface area contributed by atoms with Crippen molar-refractivity contribution in [3.8, 4) is 0 Å². The summed E-state index contributed by atoms with van der Waals surface area (Å²) < 4.78 is 27.0. The van der Waals surface area contributed by atoms with Gasteiger partial charge in [-0.1, -0.05) is 0 Å². The van der Waals surface area contributed by atoms with Gasteiger partial charge in [0.1, 0.15) is 0 Å². The third kappa shape index (κ3) is 3.74. The van der Waals surface area contributed by atoms with Crippen molar-refractivity contribution in [1.82, 2.24) is 24.9 Å². The average Bonchev–Trinajstić information content (AvgIpc) is 2.91. The quantitative estimate of drug-likeness (QED) is 0.917. The molecular weight excluding hydrogens is 276 g/mol. The highest BCUT2D eigenvalue weighted by Crippen LogP contribution is 2.09. The first-order valence-electron chi connectivity index (χ1n) is 5.58. The number of alkyl halides is 2. The Labute approximate surface area is 116 Å². The van der Waals surface area contributed by atoms with E-state index < -0.39 is 6.55 Å². The van der Waals surface area contributed by atoms with Crippen LogP contribution in [-0.4, -0.2) is 19.6 Å². The van der Waals surface area contributed by atoms with Crippen molar-refractivity contribution in [3.63, 3.8) is 0 Å². The molecule has 0 saturated carbocycles. The summed E-state index contributed by atoms with van der Waals surface area (Å²) in [6.45, 7) is 0.490. The van der Waals surface area contributed by atoms with Crippen LogP contribution < -0.4 is 5.32 Å². The molecule has 0 unspecified atom stereocenters. The van der Waals surface area contributed by atoms with Gasteiger partial charge in [0.2, 0.25) is 0 Å². The number of nitrogens with zero attached hydrogens (tertiary/aromatic N) is 4. The fraction of sp³-hybridized carbons (Fsp3) is 0.455. The third-order valence-electron chi connectivity index (χ3n) is 2.82. The molecule has 2 aromatic heterocycles. The SMILES string of the molecule is Cc1c(CNCc2ccn(C(F)F)n2)cnn1C.Cl. The second kappa shape index (κ2) is 6.63. The highest BCUT2D eigenvalue weighted by Gasteiger charge is 2.07. The van der Waals surface area contributed by atoms with Gasteiger partial charge in [0, 0.05) is 37.6 Å². The highest BCUT2D eigenvalue weighted by molar-refractivity contribution is 5.85. The molecule has 0 aromatic carbocycles. The zero-order valence-corrected chi connectivity index (χ0v) is 11.5. The second-order valence-electron chi connectivity index (χ2n) is 4.05. The Bertz CT molecular complexity index is 523. The lowest BCUT2D eigenvalue weighted by atomic mass is 10.2. The number of nitrogens with one attached hydrogen (secondary N) is 1. The van der Waals surface area contributed by atoms with E-state index in [2.05, 4.69) is 15.5 Å². The van der Waals surface area contributed by atoms with Crippen LogP contribution in [0.15, 0.2) is 18.5 Å². The Morgan fingerprint density at radius 1 is 1.37 bits per heavy atom. The maximum Gasteiger partial charge on any atom is 0.333 e. The van der Waals surface area contributed by atoms with Crippen molar-refractivity contribution in [1.29, 1.82) is 0 Å². The minimum atomic E-state index is -2.58. The first kappa shape index (κ1) is 15.6. The van der Waals surface area contributed by atoms with Gasteiger partial charge in [-0.2, -0.15) is 19.0 Å². The van der Waals surface area contributed by atoms with E-state index in [1.807, 2.05) is 14.0 Å². The van der Waals surface area contributed by atoms with E-state index >= 15 is 0 Å². The molecule has 2 rings (SSSR count). The first-order valence-corrected chi connectivity index (χ1v) is 5.58. The van der Waals surface area contributed by atoms with Crippen LogP contribution in [0.25, 0.3) is 0 Å². The molecule has 5 nitrogen and oxygen atoms in total. The molecule has 0 aliphatic rings. The summed E-state index contributed by atoms with van der Waals surface area (Å²) in [6, 6.07) is 1.58. The highest BCUT2D eigenvalue weighted by atomic mass is 35.5. The Hall–Kier alpha value is -1.47. The zero-order valence-electron chi connectivity index (χ0n) is 10.7. The summed E-state index contributed by atoms with van der Waals surface area (Å²) in [5, 5.41) is 11.0. The van der Waals surface area contributed by atoms with Crippen LogP contribution in [-0.2, 0) is 20.1 Å². The predicted molar refractivity (Wildman–Crippen MR) is 69.2 cm³/mol. The lowest BCUT2D eigenvalue weighted by Crippen LogP contribution is -2.14. The van der Waals surface area contributed by atoms with E-state index in [4.69, 9.17) is 0 Å². The summed E-state index contributed by atoms with van der Waals surface area (Å²) in [4.78, 5) is 0. The molecule has 106 valence electrons. The molecule has 8 heteroatoms. The van der Waals surface area contributed by atoms with Crippen molar-refractivity contribution in [2.45, 2.75) is 26.6 Å². The monoisotopic (exact) mass is 291 g/mol. The van der Waals surface area contributed by atoms with Gasteiger partial charge in [0.15, 0.2) is 0 Å². The average molecular weight is 292 g/mol. The third-order valence-corrected chi connectivity index (χ3v) is 2.82. The van der Waals surface area contributed by atoms with Gasteiger partial charge in [0.25, 0.3) is 0 Å². The normalized spacial score (nSPS) is 10.8. The van der Waals surface area contributed by atoms with Crippen LogP contribution in [0.1, 0.15) is 23.5 Å². The molecule has 0 amide bonds. The molecule has 0 bridgehead atoms. The minimum absolute atomic E-state index is 0. The fourth-order valence-corrected chi connectivity index (χ4v) is 1.62. The fourth-order valence-electron chi connectivity index (χ4n) is 1.62. The molecule has 2 heterocycles. The smallest absolute Gasteiger partial charge is 0.307 e. The Morgan fingerprint density at radius 2 is 2.11 bits per heavy atom. The maximum atomic E-state index is 12.3. The number of halogens is 3. The van der Waals surface area contributed by atoms with Crippen molar-refractivity contribution < 1.29 is 8.78 Å². The van der Waals surface area contributed by atoms with Gasteiger partial charge in [0.05, 0.1) is 11.9 Å². The zero-order chi connectivity index (χ0) is 13.1. The molecule has 0 fully saturated rings. The molecular formula is C11H16ClF2N5. The lowest BCUT2D eigenvalue weighted by molar-refractivity contribution is 0.0561. The number of hydrogen-bond acceptors (Lipinski definition) is 3. The van der Waals surface area contributed by atoms with Crippen LogP contribution in [0, 0.1) is 6.92 Å². The molecule has 2 aromatic rings. The standard InChI is InChI=1S/C11H15F2N5.ClH/c1-8-9(6-15-17(8)2)5-14-7-10-3-4-18(16-10)11(12)13;/h3-4,6,11,14H,5,7H2,1-2H3;1H. The van der Waals surface area contributed by atoms with Gasteiger partial charge < -0.3 is 5.32 Å². The van der Waals surface area contributed by atoms with E-state index in [1.54, 1.807) is 16.9 Å². The lowest BCUT2D eigenvalue weighted by Gasteiger charge is -2.02. The van der Waals surface area contributed by atoms with E-state index in [0.29, 0.717) is 23.5 Å². The van der Waals surface area contributed by atoms with Gasteiger partial charge in [-0.3, -0.25) is 4.68 Å². The van der Waals surface area contributed by atoms with Crippen molar-refractivity contribution in [2.24, 2.45) is 7.05 Å².